The minimum absolute atomic E-state index is 0.146. The molecule has 1 saturated heterocycles. The van der Waals surface area contributed by atoms with E-state index in [1.807, 2.05) is 0 Å². The van der Waals surface area contributed by atoms with Crippen molar-refractivity contribution in [1.82, 2.24) is 10.2 Å². The van der Waals surface area contributed by atoms with Gasteiger partial charge in [-0.15, -0.1) is 0 Å². The second kappa shape index (κ2) is 8.22. The van der Waals surface area contributed by atoms with Gasteiger partial charge in [0.2, 0.25) is 5.91 Å². The van der Waals surface area contributed by atoms with E-state index in [4.69, 9.17) is 5.73 Å². The number of nitrogens with zero attached hydrogens (tertiary/aromatic N) is 1. The van der Waals surface area contributed by atoms with Crippen LogP contribution in [0.2, 0.25) is 0 Å². The van der Waals surface area contributed by atoms with E-state index in [0.29, 0.717) is 25.9 Å². The molecule has 1 aliphatic rings. The van der Waals surface area contributed by atoms with Gasteiger partial charge in [0.1, 0.15) is 0 Å². The minimum Gasteiger partial charge on any atom is -0.352 e. The standard InChI is InChI=1S/C17H22F3N3O2/c18-17(19,20)14-6-2-1-5-13(14)8-7-12-4-3-9-23(11-12)15(24)10-22-16(21)25/h1-2,5-6,12H,3-4,7-11H2,(H3,21,22,25)/t12-/m0/s1. The Bertz CT molecular complexity index is 619. The Hall–Kier alpha value is -2.25. The molecule has 138 valence electrons. The lowest BCUT2D eigenvalue weighted by Crippen LogP contribution is -2.46. The lowest BCUT2D eigenvalue weighted by Gasteiger charge is -2.33. The molecule has 1 heterocycles. The van der Waals surface area contributed by atoms with Gasteiger partial charge in [0, 0.05) is 13.1 Å². The third-order valence-electron chi connectivity index (χ3n) is 4.43. The zero-order valence-electron chi connectivity index (χ0n) is 13.8. The maximum Gasteiger partial charge on any atom is 0.416 e. The SMILES string of the molecule is NC(=O)NCC(=O)N1CCC[C@@H](CCc2ccccc2C(F)(F)F)C1. The van der Waals surface area contributed by atoms with E-state index in [1.54, 1.807) is 11.0 Å². The van der Waals surface area contributed by atoms with Gasteiger partial charge in [-0.25, -0.2) is 4.79 Å². The maximum atomic E-state index is 13.0. The molecule has 0 aromatic heterocycles. The number of aryl methyl sites for hydroxylation is 1. The Morgan fingerprint density at radius 1 is 1.28 bits per heavy atom. The number of alkyl halides is 3. The first-order valence-corrected chi connectivity index (χ1v) is 8.23. The number of rotatable bonds is 5. The number of carbonyl (C=O) groups excluding carboxylic acids is 2. The van der Waals surface area contributed by atoms with Crippen molar-refractivity contribution in [2.75, 3.05) is 19.6 Å². The Morgan fingerprint density at radius 3 is 2.68 bits per heavy atom. The number of benzene rings is 1. The van der Waals surface area contributed by atoms with Gasteiger partial charge in [-0.1, -0.05) is 18.2 Å². The van der Waals surface area contributed by atoms with E-state index in [2.05, 4.69) is 5.32 Å². The van der Waals surface area contributed by atoms with Gasteiger partial charge < -0.3 is 16.0 Å². The summed E-state index contributed by atoms with van der Waals surface area (Å²) in [6.07, 6.45) is -1.78. The number of amides is 3. The fraction of sp³-hybridized carbons (Fsp3) is 0.529. The summed E-state index contributed by atoms with van der Waals surface area (Å²) in [5.74, 6) is -0.0771. The predicted octanol–water partition coefficient (Wildman–Crippen LogP) is 2.54. The van der Waals surface area contributed by atoms with Crippen LogP contribution < -0.4 is 11.1 Å². The highest BCUT2D eigenvalue weighted by Gasteiger charge is 2.33. The van der Waals surface area contributed by atoms with Gasteiger partial charge in [0.15, 0.2) is 0 Å². The molecule has 5 nitrogen and oxygen atoms in total. The van der Waals surface area contributed by atoms with Crippen LogP contribution in [0.25, 0.3) is 0 Å². The number of likely N-dealkylation sites (tertiary alicyclic amines) is 1. The Balaban J connectivity index is 1.91. The third kappa shape index (κ3) is 5.65. The predicted molar refractivity (Wildman–Crippen MR) is 86.7 cm³/mol. The number of hydrogen-bond acceptors (Lipinski definition) is 2. The van der Waals surface area contributed by atoms with Crippen LogP contribution in [0.3, 0.4) is 0 Å². The first-order chi connectivity index (χ1) is 11.8. The second-order valence-corrected chi connectivity index (χ2v) is 6.26. The van der Waals surface area contributed by atoms with Gasteiger partial charge in [-0.05, 0) is 43.2 Å². The molecule has 1 fully saturated rings. The summed E-state index contributed by atoms with van der Waals surface area (Å²) in [6.45, 7) is 0.932. The van der Waals surface area contributed by atoms with E-state index in [1.165, 1.54) is 12.1 Å². The number of hydrogen-bond donors (Lipinski definition) is 2. The second-order valence-electron chi connectivity index (χ2n) is 6.26. The summed E-state index contributed by atoms with van der Waals surface area (Å²) in [5, 5.41) is 2.26. The van der Waals surface area contributed by atoms with Gasteiger partial charge in [-0.3, -0.25) is 4.79 Å². The molecular weight excluding hydrogens is 335 g/mol. The molecule has 1 atom stereocenters. The highest BCUT2D eigenvalue weighted by molar-refractivity contribution is 5.83. The van der Waals surface area contributed by atoms with Gasteiger partial charge in [-0.2, -0.15) is 13.2 Å². The molecule has 3 N–H and O–H groups in total. The van der Waals surface area contributed by atoms with Crippen molar-refractivity contribution >= 4 is 11.9 Å². The summed E-state index contributed by atoms with van der Waals surface area (Å²) in [5.41, 5.74) is 4.64. The van der Waals surface area contributed by atoms with E-state index < -0.39 is 17.8 Å². The summed E-state index contributed by atoms with van der Waals surface area (Å²) in [6, 6.07) is 4.84. The number of piperidine rings is 1. The average molecular weight is 357 g/mol. The van der Waals surface area contributed by atoms with Crippen LogP contribution >= 0.6 is 0 Å². The zero-order chi connectivity index (χ0) is 18.4. The summed E-state index contributed by atoms with van der Waals surface area (Å²) in [4.78, 5) is 24.3. The molecule has 0 unspecified atom stereocenters. The topological polar surface area (TPSA) is 75.4 Å². The summed E-state index contributed by atoms with van der Waals surface area (Å²) in [7, 11) is 0. The monoisotopic (exact) mass is 357 g/mol. The summed E-state index contributed by atoms with van der Waals surface area (Å²) < 4.78 is 39.1. The van der Waals surface area contributed by atoms with Crippen LogP contribution in [0.15, 0.2) is 24.3 Å². The lowest BCUT2D eigenvalue weighted by atomic mass is 9.90. The number of halogens is 3. The molecule has 0 bridgehead atoms. The Kier molecular flexibility index (Phi) is 6.27. The molecule has 0 radical (unpaired) electrons. The van der Waals surface area contributed by atoms with Crippen LogP contribution in [-0.4, -0.2) is 36.5 Å². The first kappa shape index (κ1) is 19.1. The lowest BCUT2D eigenvalue weighted by molar-refractivity contribution is -0.138. The van der Waals surface area contributed by atoms with Gasteiger partial charge in [0.05, 0.1) is 12.1 Å². The van der Waals surface area contributed by atoms with Crippen LogP contribution in [0.4, 0.5) is 18.0 Å². The van der Waals surface area contributed by atoms with Crippen LogP contribution in [-0.2, 0) is 17.4 Å². The van der Waals surface area contributed by atoms with Crippen LogP contribution in [0.5, 0.6) is 0 Å². The number of carbonyl (C=O) groups is 2. The van der Waals surface area contributed by atoms with Crippen LogP contribution in [0, 0.1) is 5.92 Å². The molecule has 8 heteroatoms. The number of urea groups is 1. The Labute approximate surface area is 144 Å². The molecule has 1 aromatic rings. The molecule has 1 aromatic carbocycles. The molecular formula is C17H22F3N3O2. The van der Waals surface area contributed by atoms with Crippen molar-refractivity contribution in [2.45, 2.75) is 31.9 Å². The van der Waals surface area contributed by atoms with Gasteiger partial charge >= 0.3 is 12.2 Å². The third-order valence-corrected chi connectivity index (χ3v) is 4.43. The van der Waals surface area contributed by atoms with Crippen molar-refractivity contribution in [3.8, 4) is 0 Å². The largest absolute Gasteiger partial charge is 0.416 e. The van der Waals surface area contributed by atoms with Crippen molar-refractivity contribution in [2.24, 2.45) is 11.7 Å². The van der Waals surface area contributed by atoms with Gasteiger partial charge in [0.25, 0.3) is 0 Å². The van der Waals surface area contributed by atoms with Crippen molar-refractivity contribution < 1.29 is 22.8 Å². The van der Waals surface area contributed by atoms with Crippen molar-refractivity contribution in [3.05, 3.63) is 35.4 Å². The number of nitrogens with two attached hydrogens (primary N) is 1. The molecule has 0 aliphatic carbocycles. The maximum absolute atomic E-state index is 13.0. The highest BCUT2D eigenvalue weighted by atomic mass is 19.4. The normalized spacial score (nSPS) is 18.0. The van der Waals surface area contributed by atoms with E-state index >= 15 is 0 Å². The Morgan fingerprint density at radius 2 is 2.00 bits per heavy atom. The first-order valence-electron chi connectivity index (χ1n) is 8.23. The fourth-order valence-electron chi connectivity index (χ4n) is 3.18. The molecule has 1 aliphatic heterocycles. The smallest absolute Gasteiger partial charge is 0.352 e. The average Bonchev–Trinajstić information content (AvgIpc) is 2.57. The van der Waals surface area contributed by atoms with Crippen LogP contribution in [0.1, 0.15) is 30.4 Å². The summed E-state index contributed by atoms with van der Waals surface area (Å²) >= 11 is 0. The quantitative estimate of drug-likeness (QED) is 0.850. The van der Waals surface area contributed by atoms with Crippen molar-refractivity contribution in [1.29, 1.82) is 0 Å². The molecule has 3 amide bonds. The highest BCUT2D eigenvalue weighted by Crippen LogP contribution is 2.33. The number of primary amides is 1. The number of nitrogens with one attached hydrogen (secondary N) is 1. The van der Waals surface area contributed by atoms with E-state index in [0.717, 1.165) is 18.9 Å². The molecule has 25 heavy (non-hydrogen) atoms. The van der Waals surface area contributed by atoms with E-state index in [9.17, 15) is 22.8 Å². The zero-order valence-corrected chi connectivity index (χ0v) is 13.8. The molecule has 0 saturated carbocycles. The van der Waals surface area contributed by atoms with E-state index in [-0.39, 0.29) is 23.9 Å². The molecule has 2 rings (SSSR count). The molecule has 0 spiro atoms. The minimum atomic E-state index is -4.36. The fourth-order valence-corrected chi connectivity index (χ4v) is 3.18. The van der Waals surface area contributed by atoms with Crippen molar-refractivity contribution in [3.63, 3.8) is 0 Å².